The predicted octanol–water partition coefficient (Wildman–Crippen LogP) is 5.69. The van der Waals surface area contributed by atoms with E-state index in [0.717, 1.165) is 31.5 Å². The summed E-state index contributed by atoms with van der Waals surface area (Å²) in [5, 5.41) is 3.45. The van der Waals surface area contributed by atoms with E-state index in [1.54, 1.807) is 13.3 Å². The van der Waals surface area contributed by atoms with Gasteiger partial charge >= 0.3 is 0 Å². The molecule has 4 rings (SSSR count). The molecule has 140 valence electrons. The number of carbonyl (C=O) groups is 1. The number of hydrogen-bond donors (Lipinski definition) is 1. The van der Waals surface area contributed by atoms with Crippen molar-refractivity contribution >= 4 is 48.5 Å². The number of fused-ring (bicyclic) bond motifs is 1. The summed E-state index contributed by atoms with van der Waals surface area (Å²) in [6.07, 6.45) is 1.59. The molecule has 0 saturated carbocycles. The lowest BCUT2D eigenvalue weighted by Crippen LogP contribution is -2.14. The fraction of sp³-hybridized carbons (Fsp3) is 0.0952. The fourth-order valence-corrected chi connectivity index (χ4v) is 4.36. The molecule has 0 fully saturated rings. The molecule has 0 unspecified atom stereocenters. The fourth-order valence-electron chi connectivity index (χ4n) is 2.95. The van der Waals surface area contributed by atoms with Crippen molar-refractivity contribution in [3.63, 3.8) is 0 Å². The molecule has 28 heavy (non-hydrogen) atoms. The second-order valence-corrected chi connectivity index (χ2v) is 8.10. The first-order valence-corrected chi connectivity index (χ1v) is 10.1. The number of nitrogens with zero attached hydrogens (tertiary/aromatic N) is 2. The summed E-state index contributed by atoms with van der Waals surface area (Å²) in [6, 6.07) is 15.3. The Morgan fingerprint density at radius 2 is 1.96 bits per heavy atom. The first kappa shape index (κ1) is 18.6. The summed E-state index contributed by atoms with van der Waals surface area (Å²) >= 11 is 4.89. The summed E-state index contributed by atoms with van der Waals surface area (Å²) in [6.45, 7) is 1.89. The Hall–Kier alpha value is -2.77. The SMILES string of the molecule is COc1ccccc1-c1cc(C)ncc1C(=O)Nc1nc2ccc(Br)cc2s1. The van der Waals surface area contributed by atoms with E-state index in [1.165, 1.54) is 11.3 Å². The van der Waals surface area contributed by atoms with Crippen LogP contribution in [0.3, 0.4) is 0 Å². The van der Waals surface area contributed by atoms with Crippen LogP contribution in [0.5, 0.6) is 5.75 Å². The predicted molar refractivity (Wildman–Crippen MR) is 116 cm³/mol. The molecule has 0 aliphatic rings. The van der Waals surface area contributed by atoms with Crippen molar-refractivity contribution in [2.24, 2.45) is 0 Å². The monoisotopic (exact) mass is 453 g/mol. The Morgan fingerprint density at radius 1 is 1.14 bits per heavy atom. The van der Waals surface area contributed by atoms with Crippen molar-refractivity contribution in [1.82, 2.24) is 9.97 Å². The summed E-state index contributed by atoms with van der Waals surface area (Å²) in [4.78, 5) is 21.8. The minimum absolute atomic E-state index is 0.258. The molecule has 1 amide bonds. The molecule has 0 radical (unpaired) electrons. The van der Waals surface area contributed by atoms with Crippen LogP contribution in [-0.4, -0.2) is 23.0 Å². The molecule has 0 aliphatic heterocycles. The number of hydrogen-bond acceptors (Lipinski definition) is 5. The lowest BCUT2D eigenvalue weighted by Gasteiger charge is -2.13. The molecule has 0 spiro atoms. The topological polar surface area (TPSA) is 64.1 Å². The third kappa shape index (κ3) is 3.63. The van der Waals surface area contributed by atoms with E-state index in [1.807, 2.05) is 55.5 Å². The number of ether oxygens (including phenoxy) is 1. The highest BCUT2D eigenvalue weighted by atomic mass is 79.9. The van der Waals surface area contributed by atoms with Crippen LogP contribution in [-0.2, 0) is 0 Å². The van der Waals surface area contributed by atoms with Gasteiger partial charge in [0.25, 0.3) is 5.91 Å². The quantitative estimate of drug-likeness (QED) is 0.430. The number of benzene rings is 2. The molecular formula is C21H16BrN3O2S. The van der Waals surface area contributed by atoms with Gasteiger partial charge < -0.3 is 4.74 Å². The van der Waals surface area contributed by atoms with E-state index in [2.05, 4.69) is 31.2 Å². The van der Waals surface area contributed by atoms with Gasteiger partial charge in [-0.15, -0.1) is 0 Å². The van der Waals surface area contributed by atoms with Crippen LogP contribution in [0, 0.1) is 6.92 Å². The smallest absolute Gasteiger partial charge is 0.259 e. The zero-order valence-corrected chi connectivity index (χ0v) is 17.6. The Bertz CT molecular complexity index is 1190. The summed E-state index contributed by atoms with van der Waals surface area (Å²) in [7, 11) is 1.62. The molecule has 0 atom stereocenters. The summed E-state index contributed by atoms with van der Waals surface area (Å²) < 4.78 is 7.45. The van der Waals surface area contributed by atoms with Gasteiger partial charge in [0.2, 0.25) is 0 Å². The third-order valence-electron chi connectivity index (χ3n) is 4.25. The molecule has 0 saturated heterocycles. The highest BCUT2D eigenvalue weighted by Gasteiger charge is 2.18. The second-order valence-electron chi connectivity index (χ2n) is 6.16. The molecule has 7 heteroatoms. The second kappa shape index (κ2) is 7.69. The number of amides is 1. The van der Waals surface area contributed by atoms with Gasteiger partial charge in [0.15, 0.2) is 5.13 Å². The number of thiazole rings is 1. The van der Waals surface area contributed by atoms with Crippen LogP contribution in [0.2, 0.25) is 0 Å². The maximum atomic E-state index is 13.0. The zero-order chi connectivity index (χ0) is 19.7. The highest BCUT2D eigenvalue weighted by Crippen LogP contribution is 2.33. The molecule has 2 aromatic heterocycles. The summed E-state index contributed by atoms with van der Waals surface area (Å²) in [5.74, 6) is 0.443. The molecule has 2 aromatic carbocycles. The van der Waals surface area contributed by atoms with Crippen molar-refractivity contribution in [3.05, 3.63) is 70.5 Å². The van der Waals surface area contributed by atoms with Gasteiger partial charge in [-0.1, -0.05) is 45.5 Å². The van der Waals surface area contributed by atoms with E-state index in [0.29, 0.717) is 16.4 Å². The zero-order valence-electron chi connectivity index (χ0n) is 15.2. The number of anilines is 1. The van der Waals surface area contributed by atoms with Crippen molar-refractivity contribution < 1.29 is 9.53 Å². The third-order valence-corrected chi connectivity index (χ3v) is 5.68. The Morgan fingerprint density at radius 3 is 2.79 bits per heavy atom. The standard InChI is InChI=1S/C21H16BrN3O2S/c1-12-9-15(14-5-3-4-6-18(14)27-2)16(11-23-12)20(26)25-21-24-17-8-7-13(22)10-19(17)28-21/h3-11H,1-2H3,(H,24,25,26). The maximum Gasteiger partial charge on any atom is 0.259 e. The number of rotatable bonds is 4. The Labute approximate surface area is 174 Å². The van der Waals surface area contributed by atoms with Gasteiger partial charge in [-0.05, 0) is 37.3 Å². The van der Waals surface area contributed by atoms with Gasteiger partial charge in [0.1, 0.15) is 5.75 Å². The number of para-hydroxylation sites is 1. The van der Waals surface area contributed by atoms with Crippen LogP contribution in [0.4, 0.5) is 5.13 Å². The molecule has 5 nitrogen and oxygen atoms in total. The van der Waals surface area contributed by atoms with Crippen molar-refractivity contribution in [1.29, 1.82) is 0 Å². The first-order chi connectivity index (χ1) is 13.5. The Balaban J connectivity index is 1.73. The van der Waals surface area contributed by atoms with E-state index < -0.39 is 0 Å². The van der Waals surface area contributed by atoms with Gasteiger partial charge in [-0.25, -0.2) is 4.98 Å². The lowest BCUT2D eigenvalue weighted by molar-refractivity contribution is 0.102. The van der Waals surface area contributed by atoms with Crippen LogP contribution < -0.4 is 10.1 Å². The number of aryl methyl sites for hydroxylation is 1. The normalized spacial score (nSPS) is 10.8. The Kier molecular flexibility index (Phi) is 5.11. The van der Waals surface area contributed by atoms with E-state index in [-0.39, 0.29) is 5.91 Å². The van der Waals surface area contributed by atoms with Gasteiger partial charge in [0.05, 0.1) is 22.9 Å². The highest BCUT2D eigenvalue weighted by molar-refractivity contribution is 9.10. The molecule has 0 bridgehead atoms. The minimum atomic E-state index is -0.258. The van der Waals surface area contributed by atoms with Crippen molar-refractivity contribution in [2.75, 3.05) is 12.4 Å². The van der Waals surface area contributed by atoms with Crippen molar-refractivity contribution in [3.8, 4) is 16.9 Å². The minimum Gasteiger partial charge on any atom is -0.496 e. The molecule has 0 aliphatic carbocycles. The number of carbonyl (C=O) groups excluding carboxylic acids is 1. The van der Waals surface area contributed by atoms with Gasteiger partial charge in [0, 0.05) is 27.5 Å². The van der Waals surface area contributed by atoms with Crippen LogP contribution >= 0.6 is 27.3 Å². The maximum absolute atomic E-state index is 13.0. The number of nitrogens with one attached hydrogen (secondary N) is 1. The largest absolute Gasteiger partial charge is 0.496 e. The number of aromatic nitrogens is 2. The van der Waals surface area contributed by atoms with Crippen LogP contribution in [0.15, 0.2) is 59.2 Å². The first-order valence-electron chi connectivity index (χ1n) is 8.52. The van der Waals surface area contributed by atoms with Crippen LogP contribution in [0.25, 0.3) is 21.3 Å². The average Bonchev–Trinajstić information content (AvgIpc) is 3.09. The molecular weight excluding hydrogens is 438 g/mol. The van der Waals surface area contributed by atoms with E-state index in [9.17, 15) is 4.79 Å². The van der Waals surface area contributed by atoms with Gasteiger partial charge in [-0.3, -0.25) is 15.1 Å². The number of pyridine rings is 1. The van der Waals surface area contributed by atoms with Crippen molar-refractivity contribution in [2.45, 2.75) is 6.92 Å². The average molecular weight is 454 g/mol. The van der Waals surface area contributed by atoms with E-state index >= 15 is 0 Å². The lowest BCUT2D eigenvalue weighted by atomic mass is 9.99. The molecule has 2 heterocycles. The van der Waals surface area contributed by atoms with Crippen LogP contribution in [0.1, 0.15) is 16.1 Å². The molecule has 4 aromatic rings. The van der Waals surface area contributed by atoms with E-state index in [4.69, 9.17) is 4.74 Å². The number of methoxy groups -OCH3 is 1. The number of halogens is 1. The van der Waals surface area contributed by atoms with Gasteiger partial charge in [-0.2, -0.15) is 0 Å². The molecule has 1 N–H and O–H groups in total. The summed E-state index contributed by atoms with van der Waals surface area (Å²) in [5.41, 5.74) is 3.74.